The lowest BCUT2D eigenvalue weighted by molar-refractivity contribution is -0.133. The average Bonchev–Trinajstić information content (AvgIpc) is 1.82. The summed E-state index contributed by atoms with van der Waals surface area (Å²) < 4.78 is 23.1. The van der Waals surface area contributed by atoms with Crippen LogP contribution in [-0.4, -0.2) is 20.5 Å². The molecule has 0 aliphatic rings. The summed E-state index contributed by atoms with van der Waals surface area (Å²) in [6, 6.07) is 0. The van der Waals surface area contributed by atoms with E-state index in [4.69, 9.17) is 5.14 Å². The van der Waals surface area contributed by atoms with Gasteiger partial charge in [0.15, 0.2) is 0 Å². The van der Waals surface area contributed by atoms with E-state index in [1.807, 2.05) is 0 Å². The highest BCUT2D eigenvalue weighted by molar-refractivity contribution is 7.97. The van der Waals surface area contributed by atoms with E-state index in [9.17, 15) is 13.6 Å². The van der Waals surface area contributed by atoms with Gasteiger partial charge in [-0.2, -0.15) is 0 Å². The molecule has 0 aromatic heterocycles. The smallest absolute Gasteiger partial charge is 0.319 e. The molecule has 1 atom stereocenters. The maximum atomic E-state index is 10.3. The van der Waals surface area contributed by atoms with Crippen molar-refractivity contribution in [1.29, 1.82) is 0 Å². The minimum Gasteiger partial charge on any atom is -0.740 e. The van der Waals surface area contributed by atoms with Gasteiger partial charge in [-0.05, 0) is 0 Å². The van der Waals surface area contributed by atoms with E-state index in [2.05, 4.69) is 4.18 Å². The number of carbonyl (C=O) groups excluding carboxylic acids is 1. The molecule has 60 valence electrons. The van der Waals surface area contributed by atoms with Gasteiger partial charge in [-0.3, -0.25) is 9.93 Å². The van der Waals surface area contributed by atoms with E-state index in [-0.39, 0.29) is 6.42 Å². The van der Waals surface area contributed by atoms with Crippen LogP contribution in [0.25, 0.3) is 0 Å². The molecule has 10 heavy (non-hydrogen) atoms. The van der Waals surface area contributed by atoms with Gasteiger partial charge in [0.2, 0.25) is 0 Å². The molecular formula is C3H6NO4S2-. The van der Waals surface area contributed by atoms with Crippen LogP contribution in [0, 0.1) is 0 Å². The zero-order valence-electron chi connectivity index (χ0n) is 4.94. The van der Waals surface area contributed by atoms with Crippen LogP contribution in [0.2, 0.25) is 0 Å². The summed E-state index contributed by atoms with van der Waals surface area (Å²) in [5, 5.41) is 4.96. The summed E-state index contributed by atoms with van der Waals surface area (Å²) in [4.78, 5) is 10.3. The third-order valence-corrected chi connectivity index (χ3v) is 1.35. The lowest BCUT2D eigenvalue weighted by atomic mass is 10.5. The summed E-state index contributed by atoms with van der Waals surface area (Å²) in [5.41, 5.74) is 0. The SMILES string of the molecule is NSCCC(=O)OS(=O)[O-]. The van der Waals surface area contributed by atoms with Gasteiger partial charge in [0, 0.05) is 5.75 Å². The minimum absolute atomic E-state index is 0.00907. The van der Waals surface area contributed by atoms with Gasteiger partial charge in [0.05, 0.1) is 6.42 Å². The molecule has 0 aliphatic carbocycles. The molecule has 0 saturated carbocycles. The number of carbonyl (C=O) groups is 1. The molecule has 0 aromatic rings. The second-order valence-electron chi connectivity index (χ2n) is 1.28. The highest BCUT2D eigenvalue weighted by Crippen LogP contribution is 1.94. The van der Waals surface area contributed by atoms with E-state index in [1.165, 1.54) is 0 Å². The molecule has 5 nitrogen and oxygen atoms in total. The van der Waals surface area contributed by atoms with Gasteiger partial charge in [-0.1, -0.05) is 11.9 Å². The van der Waals surface area contributed by atoms with Crippen molar-refractivity contribution in [2.75, 3.05) is 5.75 Å². The monoisotopic (exact) mass is 184 g/mol. The zero-order chi connectivity index (χ0) is 7.98. The summed E-state index contributed by atoms with van der Waals surface area (Å²) >= 11 is -1.79. The molecule has 0 radical (unpaired) electrons. The lowest BCUT2D eigenvalue weighted by Gasteiger charge is -2.03. The number of nitrogens with two attached hydrogens (primary N) is 1. The predicted octanol–water partition coefficient (Wildman–Crippen LogP) is -0.679. The van der Waals surface area contributed by atoms with Crippen LogP contribution in [0.15, 0.2) is 0 Å². The molecule has 0 bridgehead atoms. The molecule has 1 unspecified atom stereocenters. The maximum absolute atomic E-state index is 10.3. The quantitative estimate of drug-likeness (QED) is 0.459. The Morgan fingerprint density at radius 1 is 1.80 bits per heavy atom. The third-order valence-electron chi connectivity index (χ3n) is 0.585. The first-order valence-electron chi connectivity index (χ1n) is 2.29. The van der Waals surface area contributed by atoms with Crippen molar-refractivity contribution in [3.63, 3.8) is 0 Å². The fourth-order valence-electron chi connectivity index (χ4n) is 0.260. The van der Waals surface area contributed by atoms with Crippen molar-refractivity contribution < 1.29 is 17.7 Å². The minimum atomic E-state index is -2.75. The predicted molar refractivity (Wildman–Crippen MR) is 36.3 cm³/mol. The fraction of sp³-hybridized carbons (Fsp3) is 0.667. The van der Waals surface area contributed by atoms with E-state index >= 15 is 0 Å². The Labute approximate surface area is 64.9 Å². The molecular weight excluding hydrogens is 178 g/mol. The fourth-order valence-corrected chi connectivity index (χ4v) is 0.779. The van der Waals surface area contributed by atoms with Gasteiger partial charge in [-0.25, -0.2) is 4.21 Å². The van der Waals surface area contributed by atoms with Crippen LogP contribution in [-0.2, 0) is 20.3 Å². The van der Waals surface area contributed by atoms with Crippen LogP contribution < -0.4 is 5.14 Å². The topological polar surface area (TPSA) is 92.5 Å². The molecule has 7 heteroatoms. The molecule has 0 fully saturated rings. The highest BCUT2D eigenvalue weighted by atomic mass is 32.2. The third kappa shape index (κ3) is 6.02. The Bertz CT molecular complexity index is 138. The maximum Gasteiger partial charge on any atom is 0.319 e. The van der Waals surface area contributed by atoms with E-state index < -0.39 is 17.3 Å². The second kappa shape index (κ2) is 5.66. The van der Waals surface area contributed by atoms with E-state index in [0.29, 0.717) is 5.75 Å². The van der Waals surface area contributed by atoms with Crippen LogP contribution in [0.4, 0.5) is 0 Å². The Balaban J connectivity index is 3.35. The Morgan fingerprint density at radius 2 is 2.40 bits per heavy atom. The number of hydrogen-bond donors (Lipinski definition) is 1. The van der Waals surface area contributed by atoms with E-state index in [0.717, 1.165) is 11.9 Å². The summed E-state index contributed by atoms with van der Waals surface area (Å²) in [5.74, 6) is -0.429. The van der Waals surface area contributed by atoms with E-state index in [1.54, 1.807) is 0 Å². The van der Waals surface area contributed by atoms with Crippen molar-refractivity contribution in [2.45, 2.75) is 6.42 Å². The van der Waals surface area contributed by atoms with Crippen LogP contribution >= 0.6 is 11.9 Å². The van der Waals surface area contributed by atoms with Gasteiger partial charge < -0.3 is 8.74 Å². The summed E-state index contributed by atoms with van der Waals surface area (Å²) in [6.45, 7) is 0. The van der Waals surface area contributed by atoms with Crippen LogP contribution in [0.3, 0.4) is 0 Å². The van der Waals surface area contributed by atoms with Crippen molar-refractivity contribution in [3.8, 4) is 0 Å². The zero-order valence-corrected chi connectivity index (χ0v) is 6.57. The van der Waals surface area contributed by atoms with Gasteiger partial charge >= 0.3 is 5.97 Å². The van der Waals surface area contributed by atoms with Crippen LogP contribution in [0.1, 0.15) is 6.42 Å². The largest absolute Gasteiger partial charge is 0.740 e. The molecule has 0 aromatic carbocycles. The number of hydrogen-bond acceptors (Lipinski definition) is 6. The molecule has 0 saturated heterocycles. The summed E-state index contributed by atoms with van der Waals surface area (Å²) in [6.07, 6.45) is 0.00907. The van der Waals surface area contributed by atoms with Crippen LogP contribution in [0.5, 0.6) is 0 Å². The molecule has 0 amide bonds. The summed E-state index contributed by atoms with van der Waals surface area (Å²) in [7, 11) is 0. The Morgan fingerprint density at radius 3 is 2.80 bits per heavy atom. The first-order valence-corrected chi connectivity index (χ1v) is 4.33. The molecule has 0 aliphatic heterocycles. The van der Waals surface area contributed by atoms with Crippen molar-refractivity contribution in [1.82, 2.24) is 0 Å². The first-order chi connectivity index (χ1) is 4.66. The van der Waals surface area contributed by atoms with Crippen molar-refractivity contribution in [3.05, 3.63) is 0 Å². The molecule has 0 rings (SSSR count). The standard InChI is InChI=1S/C3H7NO4S2/c4-9-2-1-3(5)8-10(6)7/h1-2,4H2,(H,6,7)/p-1. The highest BCUT2D eigenvalue weighted by Gasteiger charge is 2.00. The van der Waals surface area contributed by atoms with Crippen molar-refractivity contribution >= 4 is 29.3 Å². The molecule has 0 heterocycles. The van der Waals surface area contributed by atoms with Gasteiger partial charge in [0.1, 0.15) is 11.4 Å². The number of rotatable bonds is 4. The average molecular weight is 184 g/mol. The molecule has 2 N–H and O–H groups in total. The Kier molecular flexibility index (Phi) is 5.60. The molecule has 0 spiro atoms. The van der Waals surface area contributed by atoms with Gasteiger partial charge in [-0.15, -0.1) is 0 Å². The lowest BCUT2D eigenvalue weighted by Crippen LogP contribution is -2.07. The van der Waals surface area contributed by atoms with Crippen molar-refractivity contribution in [2.24, 2.45) is 5.14 Å². The van der Waals surface area contributed by atoms with Gasteiger partial charge in [0.25, 0.3) is 0 Å². The first kappa shape index (κ1) is 9.89. The Hall–Kier alpha value is -0.110. The second-order valence-corrected chi connectivity index (χ2v) is 2.60. The normalized spacial score (nSPS) is 12.6.